The monoisotopic (exact) mass is 317 g/mol. The highest BCUT2D eigenvalue weighted by Crippen LogP contribution is 2.25. The van der Waals surface area contributed by atoms with Gasteiger partial charge in [0.1, 0.15) is 9.77 Å². The number of thiophene rings is 1. The van der Waals surface area contributed by atoms with Gasteiger partial charge in [-0.05, 0) is 29.6 Å². The van der Waals surface area contributed by atoms with Gasteiger partial charge in [-0.15, -0.1) is 11.3 Å². The fraction of sp³-hybridized carbons (Fsp3) is 0. The number of carboxylic acids is 1. The van der Waals surface area contributed by atoms with E-state index < -0.39 is 16.0 Å². The van der Waals surface area contributed by atoms with Crippen molar-refractivity contribution < 1.29 is 18.3 Å². The molecular weight excluding hydrogens is 310 g/mol. The smallest absolute Gasteiger partial charge is 0.347 e. The van der Waals surface area contributed by atoms with E-state index in [1.165, 1.54) is 23.6 Å². The zero-order valence-electron chi connectivity index (χ0n) is 9.33. The molecule has 1 aromatic heterocycles. The van der Waals surface area contributed by atoms with Crippen LogP contribution in [0.2, 0.25) is 5.02 Å². The maximum Gasteiger partial charge on any atom is 0.347 e. The molecule has 0 amide bonds. The predicted molar refractivity (Wildman–Crippen MR) is 73.5 cm³/mol. The molecule has 2 aromatic rings. The summed E-state index contributed by atoms with van der Waals surface area (Å²) in [7, 11) is -3.94. The van der Waals surface area contributed by atoms with Crippen LogP contribution in [0.1, 0.15) is 9.67 Å². The highest BCUT2D eigenvalue weighted by atomic mass is 35.5. The number of halogens is 1. The van der Waals surface area contributed by atoms with Crippen LogP contribution in [0.5, 0.6) is 0 Å². The molecule has 0 unspecified atom stereocenters. The molecule has 0 atom stereocenters. The van der Waals surface area contributed by atoms with E-state index in [1.807, 2.05) is 0 Å². The normalized spacial score (nSPS) is 11.2. The maximum atomic E-state index is 12.1. The van der Waals surface area contributed by atoms with Gasteiger partial charge in [-0.1, -0.05) is 17.7 Å². The lowest BCUT2D eigenvalue weighted by molar-refractivity contribution is 0.0698. The van der Waals surface area contributed by atoms with Gasteiger partial charge in [-0.25, -0.2) is 13.2 Å². The molecular formula is C11H8ClNO4S2. The van der Waals surface area contributed by atoms with Crippen LogP contribution in [0.3, 0.4) is 0 Å². The minimum Gasteiger partial charge on any atom is -0.477 e. The summed E-state index contributed by atoms with van der Waals surface area (Å²) in [6, 6.07) is 7.40. The average molecular weight is 318 g/mol. The second kappa shape index (κ2) is 5.20. The molecule has 8 heteroatoms. The molecule has 0 radical (unpaired) electrons. The second-order valence-electron chi connectivity index (χ2n) is 3.53. The molecule has 0 saturated carbocycles. The van der Waals surface area contributed by atoms with Crippen molar-refractivity contribution in [3.8, 4) is 0 Å². The third-order valence-electron chi connectivity index (χ3n) is 2.19. The van der Waals surface area contributed by atoms with Crippen molar-refractivity contribution in [2.24, 2.45) is 0 Å². The Labute approximate surface area is 118 Å². The van der Waals surface area contributed by atoms with Crippen molar-refractivity contribution in [3.63, 3.8) is 0 Å². The molecule has 0 saturated heterocycles. The number of hydrogen-bond acceptors (Lipinski definition) is 4. The van der Waals surface area contributed by atoms with Gasteiger partial charge < -0.3 is 5.11 Å². The Hall–Kier alpha value is -1.57. The van der Waals surface area contributed by atoms with Gasteiger partial charge in [0.2, 0.25) is 0 Å². The van der Waals surface area contributed by atoms with Crippen LogP contribution in [0.15, 0.2) is 40.6 Å². The zero-order chi connectivity index (χ0) is 14.0. The fourth-order valence-corrected chi connectivity index (χ4v) is 3.93. The molecule has 0 aliphatic rings. The van der Waals surface area contributed by atoms with E-state index in [4.69, 9.17) is 16.7 Å². The summed E-state index contributed by atoms with van der Waals surface area (Å²) in [5, 5.41) is 10.7. The quantitative estimate of drug-likeness (QED) is 0.908. The Morgan fingerprint density at radius 3 is 2.68 bits per heavy atom. The number of hydrogen-bond donors (Lipinski definition) is 2. The number of nitrogens with one attached hydrogen (secondary N) is 1. The molecule has 0 spiro atoms. The third kappa shape index (κ3) is 3.06. The van der Waals surface area contributed by atoms with Crippen LogP contribution in [0.4, 0.5) is 5.69 Å². The molecule has 19 heavy (non-hydrogen) atoms. The maximum absolute atomic E-state index is 12.1. The topological polar surface area (TPSA) is 83.5 Å². The molecule has 5 nitrogen and oxygen atoms in total. The third-order valence-corrected chi connectivity index (χ3v) is 4.88. The number of carbonyl (C=O) groups is 1. The molecule has 1 heterocycles. The van der Waals surface area contributed by atoms with E-state index in [1.54, 1.807) is 12.1 Å². The number of benzene rings is 1. The summed E-state index contributed by atoms with van der Waals surface area (Å²) in [5.74, 6) is -1.28. The van der Waals surface area contributed by atoms with Gasteiger partial charge in [0.05, 0.1) is 5.69 Å². The van der Waals surface area contributed by atoms with Gasteiger partial charge in [0.15, 0.2) is 0 Å². The standard InChI is InChI=1S/C11H8ClNO4S2/c12-7-2-1-3-8(6-7)13-19(16,17)9-4-5-18-10(9)11(14)15/h1-6,13H,(H,14,15). The zero-order valence-corrected chi connectivity index (χ0v) is 11.7. The van der Waals surface area contributed by atoms with E-state index in [0.29, 0.717) is 5.02 Å². The molecule has 2 rings (SSSR count). The van der Waals surface area contributed by atoms with Crippen LogP contribution >= 0.6 is 22.9 Å². The first-order valence-corrected chi connectivity index (χ1v) is 7.73. The summed E-state index contributed by atoms with van der Waals surface area (Å²) >= 11 is 6.61. The fourth-order valence-electron chi connectivity index (χ4n) is 1.43. The van der Waals surface area contributed by atoms with Crippen LogP contribution in [-0.4, -0.2) is 19.5 Å². The van der Waals surface area contributed by atoms with E-state index in [-0.39, 0.29) is 15.5 Å². The number of anilines is 1. The Kier molecular flexibility index (Phi) is 3.79. The van der Waals surface area contributed by atoms with Gasteiger partial charge in [0.25, 0.3) is 10.0 Å². The largest absolute Gasteiger partial charge is 0.477 e. The molecule has 0 fully saturated rings. The van der Waals surface area contributed by atoms with Crippen molar-refractivity contribution in [1.82, 2.24) is 0 Å². The lowest BCUT2D eigenvalue weighted by Gasteiger charge is -2.07. The van der Waals surface area contributed by atoms with E-state index in [2.05, 4.69) is 4.72 Å². The number of sulfonamides is 1. The highest BCUT2D eigenvalue weighted by molar-refractivity contribution is 7.93. The van der Waals surface area contributed by atoms with E-state index in [0.717, 1.165) is 11.3 Å². The first-order valence-electron chi connectivity index (χ1n) is 4.99. The number of aromatic carboxylic acids is 1. The molecule has 0 aliphatic carbocycles. The Balaban J connectivity index is 2.38. The molecule has 2 N–H and O–H groups in total. The van der Waals surface area contributed by atoms with Crippen molar-refractivity contribution in [2.45, 2.75) is 4.90 Å². The minimum atomic E-state index is -3.94. The predicted octanol–water partition coefficient (Wildman–Crippen LogP) is 2.90. The second-order valence-corrected chi connectivity index (χ2v) is 6.54. The molecule has 0 bridgehead atoms. The Morgan fingerprint density at radius 1 is 1.32 bits per heavy atom. The van der Waals surface area contributed by atoms with Crippen molar-refractivity contribution in [2.75, 3.05) is 4.72 Å². The van der Waals surface area contributed by atoms with Gasteiger partial charge >= 0.3 is 5.97 Å². The summed E-state index contributed by atoms with van der Waals surface area (Å²) in [5.41, 5.74) is 0.273. The SMILES string of the molecule is O=C(O)c1sccc1S(=O)(=O)Nc1cccc(Cl)c1. The summed E-state index contributed by atoms with van der Waals surface area (Å²) in [4.78, 5) is 10.4. The van der Waals surface area contributed by atoms with Gasteiger partial charge in [-0.3, -0.25) is 4.72 Å². The summed E-state index contributed by atoms with van der Waals surface area (Å²) in [6.07, 6.45) is 0. The van der Waals surface area contributed by atoms with E-state index in [9.17, 15) is 13.2 Å². The van der Waals surface area contributed by atoms with Crippen molar-refractivity contribution >= 4 is 44.6 Å². The van der Waals surface area contributed by atoms with Gasteiger partial charge in [0, 0.05) is 5.02 Å². The van der Waals surface area contributed by atoms with Crippen LogP contribution in [-0.2, 0) is 10.0 Å². The number of rotatable bonds is 4. The van der Waals surface area contributed by atoms with Gasteiger partial charge in [-0.2, -0.15) is 0 Å². The Morgan fingerprint density at radius 2 is 2.05 bits per heavy atom. The summed E-state index contributed by atoms with van der Waals surface area (Å²) in [6.45, 7) is 0. The molecule has 100 valence electrons. The average Bonchev–Trinajstić information content (AvgIpc) is 2.77. The lowest BCUT2D eigenvalue weighted by atomic mass is 10.3. The minimum absolute atomic E-state index is 0.227. The van der Waals surface area contributed by atoms with Crippen molar-refractivity contribution in [3.05, 3.63) is 45.6 Å². The van der Waals surface area contributed by atoms with Crippen molar-refractivity contribution in [1.29, 1.82) is 0 Å². The van der Waals surface area contributed by atoms with Crippen LogP contribution < -0.4 is 4.72 Å². The molecule has 0 aliphatic heterocycles. The molecule has 1 aromatic carbocycles. The number of carboxylic acid groups (broad SMARTS) is 1. The van der Waals surface area contributed by atoms with Crippen LogP contribution in [0.25, 0.3) is 0 Å². The summed E-state index contributed by atoms with van der Waals surface area (Å²) < 4.78 is 26.5. The van der Waals surface area contributed by atoms with Crippen LogP contribution in [0, 0.1) is 0 Å². The highest BCUT2D eigenvalue weighted by Gasteiger charge is 2.23. The van der Waals surface area contributed by atoms with E-state index >= 15 is 0 Å². The first kappa shape index (κ1) is 13.9. The first-order chi connectivity index (χ1) is 8.90. The lowest BCUT2D eigenvalue weighted by Crippen LogP contribution is -2.15. The Bertz CT molecular complexity index is 724.